The molecule has 1 aliphatic rings. The standard InChI is InChI=1S/C25H23NO6/c1-15-6-8-16(9-7-15)23(27)21-22(19-11-10-17(30-2)13-20(19)31-3)26(25(29)24(21)28)14-18-5-4-12-32-18/h4-13,22,27H,14H2,1-3H3/b23-21+/t22-/m0/s1. The number of likely N-dealkylation sites (tertiary alicyclic amines) is 1. The SMILES string of the molecule is COc1ccc([C@H]2/C(=C(\O)c3ccc(C)cc3)C(=O)C(=O)N2Cc2ccco2)c(OC)c1. The molecule has 1 aliphatic heterocycles. The van der Waals surface area contributed by atoms with Gasteiger partial charge in [0.05, 0.1) is 38.6 Å². The fourth-order valence-corrected chi connectivity index (χ4v) is 3.85. The Hall–Kier alpha value is -4.00. The van der Waals surface area contributed by atoms with Crippen molar-refractivity contribution < 1.29 is 28.6 Å². The molecule has 7 heteroatoms. The first-order valence-electron chi connectivity index (χ1n) is 10.0. The molecule has 32 heavy (non-hydrogen) atoms. The van der Waals surface area contributed by atoms with Crippen LogP contribution >= 0.6 is 0 Å². The van der Waals surface area contributed by atoms with E-state index in [1.54, 1.807) is 42.5 Å². The Labute approximate surface area is 185 Å². The van der Waals surface area contributed by atoms with Crippen LogP contribution in [0.4, 0.5) is 0 Å². The highest BCUT2D eigenvalue weighted by Gasteiger charge is 2.47. The quantitative estimate of drug-likeness (QED) is 0.356. The Morgan fingerprint density at radius 2 is 1.81 bits per heavy atom. The van der Waals surface area contributed by atoms with Gasteiger partial charge in [-0.15, -0.1) is 0 Å². The minimum atomic E-state index is -0.873. The number of Topliss-reactive ketones (excluding diaryl/α,β-unsaturated/α-hetero) is 1. The fourth-order valence-electron chi connectivity index (χ4n) is 3.85. The van der Waals surface area contributed by atoms with Crippen LogP contribution in [0.2, 0.25) is 0 Å². The summed E-state index contributed by atoms with van der Waals surface area (Å²) in [4.78, 5) is 27.6. The maximum atomic E-state index is 13.1. The molecule has 1 fully saturated rings. The zero-order valence-corrected chi connectivity index (χ0v) is 18.0. The predicted molar refractivity (Wildman–Crippen MR) is 117 cm³/mol. The molecule has 1 atom stereocenters. The number of hydrogen-bond acceptors (Lipinski definition) is 6. The van der Waals surface area contributed by atoms with Gasteiger partial charge < -0.3 is 23.9 Å². The van der Waals surface area contributed by atoms with E-state index in [4.69, 9.17) is 13.9 Å². The van der Waals surface area contributed by atoms with Crippen LogP contribution < -0.4 is 9.47 Å². The Kier molecular flexibility index (Phi) is 5.73. The van der Waals surface area contributed by atoms with Crippen LogP contribution in [0.1, 0.15) is 28.5 Å². The topological polar surface area (TPSA) is 89.2 Å². The van der Waals surface area contributed by atoms with Gasteiger partial charge in [-0.1, -0.05) is 29.8 Å². The monoisotopic (exact) mass is 433 g/mol. The number of benzene rings is 2. The number of hydrogen-bond donors (Lipinski definition) is 1. The van der Waals surface area contributed by atoms with Crippen molar-refractivity contribution in [3.05, 3.63) is 88.9 Å². The van der Waals surface area contributed by atoms with Crippen molar-refractivity contribution >= 4 is 17.4 Å². The lowest BCUT2D eigenvalue weighted by molar-refractivity contribution is -0.140. The molecule has 0 bridgehead atoms. The number of rotatable bonds is 6. The molecule has 2 heterocycles. The molecule has 2 aromatic carbocycles. The largest absolute Gasteiger partial charge is 0.507 e. The van der Waals surface area contributed by atoms with Crippen molar-refractivity contribution in [2.45, 2.75) is 19.5 Å². The molecule has 1 N–H and O–H groups in total. The minimum Gasteiger partial charge on any atom is -0.507 e. The Morgan fingerprint density at radius 1 is 1.06 bits per heavy atom. The van der Waals surface area contributed by atoms with Crippen molar-refractivity contribution in [3.63, 3.8) is 0 Å². The average Bonchev–Trinajstić information content (AvgIpc) is 3.41. The van der Waals surface area contributed by atoms with Crippen molar-refractivity contribution in [2.75, 3.05) is 14.2 Å². The van der Waals surface area contributed by atoms with E-state index in [1.807, 2.05) is 19.1 Å². The van der Waals surface area contributed by atoms with E-state index < -0.39 is 17.7 Å². The normalized spacial score (nSPS) is 17.6. The van der Waals surface area contributed by atoms with Gasteiger partial charge in [0, 0.05) is 17.2 Å². The van der Waals surface area contributed by atoms with Gasteiger partial charge in [-0.2, -0.15) is 0 Å². The van der Waals surface area contributed by atoms with Crippen LogP contribution in [-0.2, 0) is 16.1 Å². The first-order chi connectivity index (χ1) is 15.4. The Balaban J connectivity index is 1.91. The molecule has 1 amide bonds. The molecule has 0 unspecified atom stereocenters. The zero-order chi connectivity index (χ0) is 22.8. The van der Waals surface area contributed by atoms with Crippen LogP contribution in [0.15, 0.2) is 70.9 Å². The fraction of sp³-hybridized carbons (Fsp3) is 0.200. The number of carbonyl (C=O) groups is 2. The third-order valence-electron chi connectivity index (χ3n) is 5.51. The molecule has 0 saturated carbocycles. The number of carbonyl (C=O) groups excluding carboxylic acids is 2. The molecular weight excluding hydrogens is 410 g/mol. The molecule has 1 saturated heterocycles. The molecule has 3 aromatic rings. The molecule has 0 spiro atoms. The second-order valence-corrected chi connectivity index (χ2v) is 7.48. The maximum Gasteiger partial charge on any atom is 0.296 e. The summed E-state index contributed by atoms with van der Waals surface area (Å²) in [6.45, 7) is 1.98. The van der Waals surface area contributed by atoms with Crippen molar-refractivity contribution in [1.29, 1.82) is 0 Å². The maximum absolute atomic E-state index is 13.1. The van der Waals surface area contributed by atoms with Gasteiger partial charge in [-0.25, -0.2) is 0 Å². The molecule has 0 radical (unpaired) electrons. The second-order valence-electron chi connectivity index (χ2n) is 7.48. The molecule has 0 aliphatic carbocycles. The third-order valence-corrected chi connectivity index (χ3v) is 5.51. The van der Waals surface area contributed by atoms with E-state index >= 15 is 0 Å². The van der Waals surface area contributed by atoms with Crippen LogP contribution in [0.5, 0.6) is 11.5 Å². The number of ether oxygens (including phenoxy) is 2. The number of aliphatic hydroxyl groups is 1. The first-order valence-corrected chi connectivity index (χ1v) is 10.0. The number of aryl methyl sites for hydroxylation is 1. The molecule has 4 rings (SSSR count). The summed E-state index contributed by atoms with van der Waals surface area (Å²) < 4.78 is 16.2. The van der Waals surface area contributed by atoms with Crippen LogP contribution in [-0.4, -0.2) is 35.9 Å². The predicted octanol–water partition coefficient (Wildman–Crippen LogP) is 4.23. The minimum absolute atomic E-state index is 0.00567. The Bertz CT molecular complexity index is 1180. The lowest BCUT2D eigenvalue weighted by Crippen LogP contribution is -2.29. The summed E-state index contributed by atoms with van der Waals surface area (Å²) in [5, 5.41) is 11.1. The van der Waals surface area contributed by atoms with E-state index in [0.717, 1.165) is 5.56 Å². The lowest BCUT2D eigenvalue weighted by Gasteiger charge is -2.26. The smallest absolute Gasteiger partial charge is 0.296 e. The molecular formula is C25H23NO6. The van der Waals surface area contributed by atoms with Crippen molar-refractivity contribution in [2.24, 2.45) is 0 Å². The van der Waals surface area contributed by atoms with E-state index in [9.17, 15) is 14.7 Å². The number of methoxy groups -OCH3 is 2. The van der Waals surface area contributed by atoms with E-state index in [0.29, 0.717) is 28.4 Å². The number of aliphatic hydroxyl groups excluding tert-OH is 1. The van der Waals surface area contributed by atoms with E-state index in [2.05, 4.69) is 0 Å². The van der Waals surface area contributed by atoms with Gasteiger partial charge in [0.15, 0.2) is 0 Å². The Morgan fingerprint density at radius 3 is 2.44 bits per heavy atom. The number of nitrogens with zero attached hydrogens (tertiary/aromatic N) is 1. The molecule has 7 nitrogen and oxygen atoms in total. The highest BCUT2D eigenvalue weighted by molar-refractivity contribution is 6.46. The molecule has 164 valence electrons. The van der Waals surface area contributed by atoms with Crippen LogP contribution in [0.3, 0.4) is 0 Å². The van der Waals surface area contributed by atoms with Gasteiger partial charge in [0.1, 0.15) is 23.0 Å². The highest BCUT2D eigenvalue weighted by atomic mass is 16.5. The summed E-state index contributed by atoms with van der Waals surface area (Å²) in [7, 11) is 3.03. The summed E-state index contributed by atoms with van der Waals surface area (Å²) in [6, 6.07) is 14.8. The summed E-state index contributed by atoms with van der Waals surface area (Å²) in [5.41, 5.74) is 2.00. The third kappa shape index (κ3) is 3.73. The summed E-state index contributed by atoms with van der Waals surface area (Å²) in [6.07, 6.45) is 1.50. The first kappa shape index (κ1) is 21.2. The lowest BCUT2D eigenvalue weighted by atomic mass is 9.94. The molecule has 1 aromatic heterocycles. The van der Waals surface area contributed by atoms with Gasteiger partial charge >= 0.3 is 0 Å². The summed E-state index contributed by atoms with van der Waals surface area (Å²) in [5.74, 6) is -0.231. The van der Waals surface area contributed by atoms with Crippen LogP contribution in [0.25, 0.3) is 5.76 Å². The van der Waals surface area contributed by atoms with E-state index in [1.165, 1.54) is 25.4 Å². The van der Waals surface area contributed by atoms with Gasteiger partial charge in [-0.05, 0) is 31.2 Å². The van der Waals surface area contributed by atoms with Gasteiger partial charge in [0.2, 0.25) is 0 Å². The summed E-state index contributed by atoms with van der Waals surface area (Å²) >= 11 is 0. The zero-order valence-electron chi connectivity index (χ0n) is 18.0. The van der Waals surface area contributed by atoms with Gasteiger partial charge in [-0.3, -0.25) is 9.59 Å². The van der Waals surface area contributed by atoms with Crippen molar-refractivity contribution in [1.82, 2.24) is 4.90 Å². The van der Waals surface area contributed by atoms with Gasteiger partial charge in [0.25, 0.3) is 11.7 Å². The van der Waals surface area contributed by atoms with Crippen LogP contribution in [0, 0.1) is 6.92 Å². The number of furan rings is 1. The second kappa shape index (κ2) is 8.63. The highest BCUT2D eigenvalue weighted by Crippen LogP contribution is 2.44. The number of ketones is 1. The van der Waals surface area contributed by atoms with E-state index in [-0.39, 0.29) is 17.9 Å². The average molecular weight is 433 g/mol. The number of amides is 1. The van der Waals surface area contributed by atoms with Crippen molar-refractivity contribution in [3.8, 4) is 11.5 Å².